The van der Waals surface area contributed by atoms with E-state index in [-0.39, 0.29) is 17.3 Å². The lowest BCUT2D eigenvalue weighted by Crippen LogP contribution is -2.50. The van der Waals surface area contributed by atoms with Crippen molar-refractivity contribution >= 4 is 27.8 Å². The summed E-state index contributed by atoms with van der Waals surface area (Å²) in [4.78, 5) is 17.6. The average molecular weight is 291 g/mol. The van der Waals surface area contributed by atoms with E-state index in [0.29, 0.717) is 11.6 Å². The highest BCUT2D eigenvalue weighted by atomic mass is 32.2. The van der Waals surface area contributed by atoms with E-state index >= 15 is 0 Å². The van der Waals surface area contributed by atoms with E-state index in [4.69, 9.17) is 5.11 Å². The second-order valence-corrected chi connectivity index (χ2v) is 6.89. The number of aromatic nitrogens is 2. The Morgan fingerprint density at radius 1 is 1.67 bits per heavy atom. The number of thioether (sulfide) groups is 1. The summed E-state index contributed by atoms with van der Waals surface area (Å²) in [5.41, 5.74) is 0. The number of imidazole rings is 1. The zero-order chi connectivity index (χ0) is 13.3. The number of nitrogens with zero attached hydrogens (tertiary/aromatic N) is 2. The molecule has 1 fully saturated rings. The van der Waals surface area contributed by atoms with Crippen molar-refractivity contribution in [1.29, 1.82) is 0 Å². The molecule has 0 spiro atoms. The summed E-state index contributed by atoms with van der Waals surface area (Å²) < 4.78 is 25.6. The largest absolute Gasteiger partial charge is 0.480 e. The second kappa shape index (κ2) is 4.90. The Balaban J connectivity index is 2.36. The van der Waals surface area contributed by atoms with Gasteiger partial charge in [-0.2, -0.15) is 16.1 Å². The molecule has 2 rings (SSSR count). The monoisotopic (exact) mass is 291 g/mol. The van der Waals surface area contributed by atoms with E-state index in [1.165, 1.54) is 18.0 Å². The van der Waals surface area contributed by atoms with Crippen LogP contribution in [-0.2, 0) is 14.8 Å². The van der Waals surface area contributed by atoms with Crippen LogP contribution in [0.1, 0.15) is 5.82 Å². The molecule has 1 aliphatic heterocycles. The minimum absolute atomic E-state index is 0.0573. The predicted octanol–water partition coefficient (Wildman–Crippen LogP) is -0.0912. The number of carbonyl (C=O) groups is 1. The SMILES string of the molecule is Cc1ncc(S(=O)(=O)N2CCSCC2C(=O)O)[nH]1. The number of rotatable bonds is 3. The summed E-state index contributed by atoms with van der Waals surface area (Å²) in [5, 5.41) is 9.02. The first-order valence-electron chi connectivity index (χ1n) is 5.27. The van der Waals surface area contributed by atoms with Crippen LogP contribution in [-0.4, -0.2) is 57.9 Å². The lowest BCUT2D eigenvalue weighted by atomic mass is 10.3. The van der Waals surface area contributed by atoms with E-state index in [1.807, 2.05) is 0 Å². The van der Waals surface area contributed by atoms with Crippen molar-refractivity contribution in [2.45, 2.75) is 18.0 Å². The summed E-state index contributed by atoms with van der Waals surface area (Å²) >= 11 is 1.44. The van der Waals surface area contributed by atoms with Gasteiger partial charge in [0.1, 0.15) is 11.9 Å². The third kappa shape index (κ3) is 2.38. The van der Waals surface area contributed by atoms with Gasteiger partial charge in [0.15, 0.2) is 5.03 Å². The van der Waals surface area contributed by atoms with Crippen molar-refractivity contribution in [1.82, 2.24) is 14.3 Å². The van der Waals surface area contributed by atoms with E-state index in [0.717, 1.165) is 4.31 Å². The van der Waals surface area contributed by atoms with Crippen LogP contribution in [0.25, 0.3) is 0 Å². The molecular formula is C9H13N3O4S2. The quantitative estimate of drug-likeness (QED) is 0.806. The second-order valence-electron chi connectivity index (χ2n) is 3.88. The molecule has 0 radical (unpaired) electrons. The molecule has 0 amide bonds. The molecule has 0 aliphatic carbocycles. The number of sulfonamides is 1. The van der Waals surface area contributed by atoms with Crippen LogP contribution in [0.15, 0.2) is 11.2 Å². The Bertz CT molecular complexity index is 554. The Kier molecular flexibility index (Phi) is 3.64. The first-order chi connectivity index (χ1) is 8.43. The van der Waals surface area contributed by atoms with E-state index in [1.54, 1.807) is 6.92 Å². The molecule has 2 heterocycles. The highest BCUT2D eigenvalue weighted by Crippen LogP contribution is 2.23. The Morgan fingerprint density at radius 2 is 2.39 bits per heavy atom. The highest BCUT2D eigenvalue weighted by molar-refractivity contribution is 7.99. The topological polar surface area (TPSA) is 103 Å². The highest BCUT2D eigenvalue weighted by Gasteiger charge is 2.38. The van der Waals surface area contributed by atoms with Gasteiger partial charge in [-0.25, -0.2) is 13.4 Å². The molecular weight excluding hydrogens is 278 g/mol. The van der Waals surface area contributed by atoms with Gasteiger partial charge in [-0.05, 0) is 6.92 Å². The van der Waals surface area contributed by atoms with Crippen molar-refractivity contribution in [2.75, 3.05) is 18.1 Å². The van der Waals surface area contributed by atoms with Crippen LogP contribution in [0.4, 0.5) is 0 Å². The van der Waals surface area contributed by atoms with E-state index < -0.39 is 22.0 Å². The first-order valence-corrected chi connectivity index (χ1v) is 7.86. The molecule has 9 heteroatoms. The zero-order valence-corrected chi connectivity index (χ0v) is 11.3. The van der Waals surface area contributed by atoms with E-state index in [2.05, 4.69) is 9.97 Å². The van der Waals surface area contributed by atoms with Crippen molar-refractivity contribution in [3.63, 3.8) is 0 Å². The molecule has 0 aromatic carbocycles. The van der Waals surface area contributed by atoms with Gasteiger partial charge in [0.05, 0.1) is 6.20 Å². The molecule has 0 saturated carbocycles. The fourth-order valence-corrected chi connectivity index (χ4v) is 4.52. The fraction of sp³-hybridized carbons (Fsp3) is 0.556. The Hall–Kier alpha value is -1.06. The lowest BCUT2D eigenvalue weighted by Gasteiger charge is -2.30. The number of aryl methyl sites for hydroxylation is 1. The number of carboxylic acid groups (broad SMARTS) is 1. The molecule has 0 bridgehead atoms. The normalized spacial score (nSPS) is 21.9. The van der Waals surface area contributed by atoms with Crippen molar-refractivity contribution in [3.8, 4) is 0 Å². The van der Waals surface area contributed by atoms with Crippen molar-refractivity contribution in [3.05, 3.63) is 12.0 Å². The summed E-state index contributed by atoms with van der Waals surface area (Å²) in [6, 6.07) is -1.02. The zero-order valence-electron chi connectivity index (χ0n) is 9.66. The number of hydrogen-bond donors (Lipinski definition) is 2. The van der Waals surface area contributed by atoms with Crippen LogP contribution in [0.3, 0.4) is 0 Å². The van der Waals surface area contributed by atoms with Gasteiger partial charge in [-0.3, -0.25) is 4.79 Å². The molecule has 100 valence electrons. The van der Waals surface area contributed by atoms with Gasteiger partial charge < -0.3 is 10.1 Å². The lowest BCUT2D eigenvalue weighted by molar-refractivity contribution is -0.140. The number of H-pyrrole nitrogens is 1. The van der Waals surface area contributed by atoms with Gasteiger partial charge in [0, 0.05) is 18.1 Å². The fourth-order valence-electron chi connectivity index (χ4n) is 1.73. The van der Waals surface area contributed by atoms with Gasteiger partial charge in [0.25, 0.3) is 10.0 Å². The molecule has 2 N–H and O–H groups in total. The smallest absolute Gasteiger partial charge is 0.322 e. The van der Waals surface area contributed by atoms with E-state index in [9.17, 15) is 13.2 Å². The minimum atomic E-state index is -3.81. The van der Waals surface area contributed by atoms with Gasteiger partial charge in [-0.1, -0.05) is 0 Å². The van der Waals surface area contributed by atoms with Crippen LogP contribution < -0.4 is 0 Å². The molecule has 1 unspecified atom stereocenters. The number of carboxylic acids is 1. The number of aliphatic carboxylic acids is 1. The number of nitrogens with one attached hydrogen (secondary N) is 1. The van der Waals surface area contributed by atoms with Crippen LogP contribution in [0.2, 0.25) is 0 Å². The summed E-state index contributed by atoms with van der Waals surface area (Å²) in [5.74, 6) is 0.214. The molecule has 1 saturated heterocycles. The Morgan fingerprint density at radius 3 is 2.94 bits per heavy atom. The Labute approximate surface area is 109 Å². The molecule has 1 aliphatic rings. The molecule has 18 heavy (non-hydrogen) atoms. The summed E-state index contributed by atoms with van der Waals surface area (Å²) in [6.07, 6.45) is 1.21. The third-order valence-corrected chi connectivity index (χ3v) is 5.47. The molecule has 1 aromatic heterocycles. The molecule has 7 nitrogen and oxygen atoms in total. The van der Waals surface area contributed by atoms with Crippen molar-refractivity contribution < 1.29 is 18.3 Å². The standard InChI is InChI=1S/C9H13N3O4S2/c1-6-10-4-8(11-6)18(15,16)12-2-3-17-5-7(12)9(13)14/h4,7H,2-3,5H2,1H3,(H,10,11)(H,13,14). The molecule has 1 atom stereocenters. The van der Waals surface area contributed by atoms with Gasteiger partial charge in [-0.15, -0.1) is 0 Å². The minimum Gasteiger partial charge on any atom is -0.480 e. The van der Waals surface area contributed by atoms with Crippen LogP contribution >= 0.6 is 11.8 Å². The third-order valence-electron chi connectivity index (χ3n) is 2.63. The maximum atomic E-state index is 12.3. The van der Waals surface area contributed by atoms with Crippen LogP contribution in [0, 0.1) is 6.92 Å². The summed E-state index contributed by atoms with van der Waals surface area (Å²) in [6.45, 7) is 1.84. The van der Waals surface area contributed by atoms with Gasteiger partial charge >= 0.3 is 5.97 Å². The predicted molar refractivity (Wildman–Crippen MR) is 66.0 cm³/mol. The maximum absolute atomic E-state index is 12.3. The average Bonchev–Trinajstić information content (AvgIpc) is 2.76. The van der Waals surface area contributed by atoms with Crippen LogP contribution in [0.5, 0.6) is 0 Å². The number of hydrogen-bond acceptors (Lipinski definition) is 5. The maximum Gasteiger partial charge on any atom is 0.322 e. The van der Waals surface area contributed by atoms with Gasteiger partial charge in [0.2, 0.25) is 0 Å². The molecule has 1 aromatic rings. The first kappa shape index (κ1) is 13.4. The number of aromatic amines is 1. The van der Waals surface area contributed by atoms with Crippen molar-refractivity contribution in [2.24, 2.45) is 0 Å². The summed E-state index contributed by atoms with van der Waals surface area (Å²) in [7, 11) is -3.81.